The molecule has 1 aromatic heterocycles. The number of aryl methyl sites for hydroxylation is 2. The van der Waals surface area contributed by atoms with Gasteiger partial charge in [0.05, 0.1) is 17.4 Å². The maximum Gasteiger partial charge on any atom is 0.337 e. The smallest absolute Gasteiger partial charge is 0.337 e. The second-order valence-electron chi connectivity index (χ2n) is 4.17. The largest absolute Gasteiger partial charge is 0.478 e. The van der Waals surface area contributed by atoms with Crippen LogP contribution in [0.15, 0.2) is 36.7 Å². The van der Waals surface area contributed by atoms with Gasteiger partial charge in [0, 0.05) is 11.9 Å². The molecular weight excluding hydrogens is 228 g/mol. The van der Waals surface area contributed by atoms with E-state index in [1.807, 2.05) is 32.0 Å². The van der Waals surface area contributed by atoms with Crippen LogP contribution in [0.3, 0.4) is 0 Å². The van der Waals surface area contributed by atoms with Crippen molar-refractivity contribution in [1.29, 1.82) is 0 Å². The zero-order valence-corrected chi connectivity index (χ0v) is 10.3. The summed E-state index contributed by atoms with van der Waals surface area (Å²) in [7, 11) is 0. The molecule has 0 bridgehead atoms. The Morgan fingerprint density at radius 3 is 2.67 bits per heavy atom. The number of carboxylic acid groups (broad SMARTS) is 1. The topological polar surface area (TPSA) is 62.2 Å². The highest BCUT2D eigenvalue weighted by molar-refractivity contribution is 5.94. The summed E-state index contributed by atoms with van der Waals surface area (Å²) >= 11 is 0. The minimum Gasteiger partial charge on any atom is -0.478 e. The normalized spacial score (nSPS) is 10.1. The molecule has 0 saturated heterocycles. The fourth-order valence-electron chi connectivity index (χ4n) is 1.78. The van der Waals surface area contributed by atoms with Gasteiger partial charge in [-0.05, 0) is 31.5 Å². The van der Waals surface area contributed by atoms with Crippen molar-refractivity contribution in [3.05, 3.63) is 53.3 Å². The van der Waals surface area contributed by atoms with Crippen LogP contribution in [0.25, 0.3) is 0 Å². The van der Waals surface area contributed by atoms with Crippen molar-refractivity contribution in [2.45, 2.75) is 13.8 Å². The number of nitrogens with zero attached hydrogens (tertiary/aromatic N) is 1. The monoisotopic (exact) mass is 242 g/mol. The lowest BCUT2D eigenvalue weighted by atomic mass is 10.1. The van der Waals surface area contributed by atoms with Gasteiger partial charge >= 0.3 is 5.97 Å². The van der Waals surface area contributed by atoms with Crippen LogP contribution in [-0.2, 0) is 0 Å². The number of carbonyl (C=O) groups is 1. The van der Waals surface area contributed by atoms with E-state index in [0.29, 0.717) is 5.69 Å². The number of carboxylic acids is 1. The second kappa shape index (κ2) is 4.87. The maximum atomic E-state index is 11.1. The van der Waals surface area contributed by atoms with Crippen LogP contribution in [0.2, 0.25) is 0 Å². The Bertz CT molecular complexity index is 594. The molecule has 2 rings (SSSR count). The van der Waals surface area contributed by atoms with Gasteiger partial charge in [0.15, 0.2) is 0 Å². The Balaban J connectivity index is 2.37. The molecule has 92 valence electrons. The predicted molar refractivity (Wildman–Crippen MR) is 70.4 cm³/mol. The molecule has 0 aliphatic heterocycles. The number of hydrogen-bond acceptors (Lipinski definition) is 3. The van der Waals surface area contributed by atoms with E-state index in [9.17, 15) is 4.79 Å². The van der Waals surface area contributed by atoms with Gasteiger partial charge in [-0.1, -0.05) is 17.7 Å². The van der Waals surface area contributed by atoms with E-state index in [1.165, 1.54) is 24.0 Å². The predicted octanol–water partition coefficient (Wildman–Crippen LogP) is 3.14. The van der Waals surface area contributed by atoms with Gasteiger partial charge in [0.2, 0.25) is 0 Å². The van der Waals surface area contributed by atoms with Gasteiger partial charge < -0.3 is 10.4 Å². The molecule has 0 atom stereocenters. The molecule has 4 heteroatoms. The molecule has 1 heterocycles. The molecule has 18 heavy (non-hydrogen) atoms. The SMILES string of the molecule is Cc1ccc(Nc2cnccc2C(=O)O)c(C)c1. The first kappa shape index (κ1) is 12.1. The molecule has 0 radical (unpaired) electrons. The number of pyridine rings is 1. The molecule has 0 fully saturated rings. The quantitative estimate of drug-likeness (QED) is 0.868. The highest BCUT2D eigenvalue weighted by Crippen LogP contribution is 2.23. The summed E-state index contributed by atoms with van der Waals surface area (Å²) in [5, 5.41) is 12.2. The van der Waals surface area contributed by atoms with E-state index in [4.69, 9.17) is 5.11 Å². The minimum atomic E-state index is -0.968. The van der Waals surface area contributed by atoms with Crippen molar-refractivity contribution in [3.8, 4) is 0 Å². The summed E-state index contributed by atoms with van der Waals surface area (Å²) < 4.78 is 0. The zero-order valence-electron chi connectivity index (χ0n) is 10.3. The molecule has 0 spiro atoms. The van der Waals surface area contributed by atoms with Gasteiger partial charge in [-0.15, -0.1) is 0 Å². The molecule has 2 aromatic rings. The van der Waals surface area contributed by atoms with Crippen LogP contribution in [0.4, 0.5) is 11.4 Å². The third-order valence-corrected chi connectivity index (χ3v) is 2.70. The first-order valence-electron chi connectivity index (χ1n) is 5.59. The first-order valence-corrected chi connectivity index (χ1v) is 5.59. The third-order valence-electron chi connectivity index (χ3n) is 2.70. The van der Waals surface area contributed by atoms with Crippen LogP contribution in [-0.4, -0.2) is 16.1 Å². The number of benzene rings is 1. The number of aromatic carboxylic acids is 1. The Labute approximate surface area is 105 Å². The number of hydrogen-bond donors (Lipinski definition) is 2. The van der Waals surface area contributed by atoms with E-state index in [2.05, 4.69) is 10.3 Å². The Morgan fingerprint density at radius 2 is 2.00 bits per heavy atom. The van der Waals surface area contributed by atoms with Crippen molar-refractivity contribution < 1.29 is 9.90 Å². The number of rotatable bonds is 3. The number of nitrogens with one attached hydrogen (secondary N) is 1. The second-order valence-corrected chi connectivity index (χ2v) is 4.17. The van der Waals surface area contributed by atoms with E-state index < -0.39 is 5.97 Å². The van der Waals surface area contributed by atoms with Crippen molar-refractivity contribution in [3.63, 3.8) is 0 Å². The summed E-state index contributed by atoms with van der Waals surface area (Å²) in [5.74, 6) is -0.968. The first-order chi connectivity index (χ1) is 8.58. The molecule has 0 saturated carbocycles. The van der Waals surface area contributed by atoms with E-state index in [-0.39, 0.29) is 5.56 Å². The third kappa shape index (κ3) is 2.48. The summed E-state index contributed by atoms with van der Waals surface area (Å²) in [5.41, 5.74) is 3.83. The average Bonchev–Trinajstić information content (AvgIpc) is 2.33. The standard InChI is InChI=1S/C14H14N2O2/c1-9-3-4-12(10(2)7-9)16-13-8-15-6-5-11(13)14(17)18/h3-8,16H,1-2H3,(H,17,18). The highest BCUT2D eigenvalue weighted by atomic mass is 16.4. The molecule has 2 N–H and O–H groups in total. The summed E-state index contributed by atoms with van der Waals surface area (Å²) in [6, 6.07) is 7.43. The van der Waals surface area contributed by atoms with Crippen LogP contribution >= 0.6 is 0 Å². The van der Waals surface area contributed by atoms with Gasteiger partial charge in [-0.3, -0.25) is 4.98 Å². The fraction of sp³-hybridized carbons (Fsp3) is 0.143. The lowest BCUT2D eigenvalue weighted by molar-refractivity contribution is 0.0698. The summed E-state index contributed by atoms with van der Waals surface area (Å²) in [6.07, 6.45) is 2.99. The van der Waals surface area contributed by atoms with Gasteiger partial charge in [-0.25, -0.2) is 4.79 Å². The molecule has 0 aliphatic carbocycles. The van der Waals surface area contributed by atoms with Crippen molar-refractivity contribution in [1.82, 2.24) is 4.98 Å². The van der Waals surface area contributed by atoms with E-state index in [1.54, 1.807) is 0 Å². The fourth-order valence-corrected chi connectivity index (χ4v) is 1.78. The average molecular weight is 242 g/mol. The number of aromatic nitrogens is 1. The van der Waals surface area contributed by atoms with Gasteiger partial charge in [0.25, 0.3) is 0 Å². The van der Waals surface area contributed by atoms with Crippen molar-refractivity contribution in [2.75, 3.05) is 5.32 Å². The molecular formula is C14H14N2O2. The highest BCUT2D eigenvalue weighted by Gasteiger charge is 2.10. The Morgan fingerprint density at radius 1 is 1.22 bits per heavy atom. The van der Waals surface area contributed by atoms with Gasteiger partial charge in [-0.2, -0.15) is 0 Å². The summed E-state index contributed by atoms with van der Waals surface area (Å²) in [6.45, 7) is 4.00. The maximum absolute atomic E-state index is 11.1. The Kier molecular flexibility index (Phi) is 3.28. The zero-order chi connectivity index (χ0) is 13.1. The molecule has 0 aliphatic rings. The van der Waals surface area contributed by atoms with Crippen molar-refractivity contribution in [2.24, 2.45) is 0 Å². The minimum absolute atomic E-state index is 0.213. The lowest BCUT2D eigenvalue weighted by Gasteiger charge is -2.11. The van der Waals surface area contributed by atoms with E-state index >= 15 is 0 Å². The summed E-state index contributed by atoms with van der Waals surface area (Å²) in [4.78, 5) is 15.0. The van der Waals surface area contributed by atoms with Crippen LogP contribution in [0, 0.1) is 13.8 Å². The van der Waals surface area contributed by atoms with E-state index in [0.717, 1.165) is 11.3 Å². The Hall–Kier alpha value is -2.36. The molecule has 0 amide bonds. The van der Waals surface area contributed by atoms with Crippen molar-refractivity contribution >= 4 is 17.3 Å². The molecule has 0 unspecified atom stereocenters. The lowest BCUT2D eigenvalue weighted by Crippen LogP contribution is -2.03. The number of anilines is 2. The van der Waals surface area contributed by atoms with Gasteiger partial charge in [0.1, 0.15) is 0 Å². The van der Waals surface area contributed by atoms with Crippen LogP contribution in [0.5, 0.6) is 0 Å². The molecule has 4 nitrogen and oxygen atoms in total. The van der Waals surface area contributed by atoms with Crippen LogP contribution in [0.1, 0.15) is 21.5 Å². The molecule has 1 aromatic carbocycles. The van der Waals surface area contributed by atoms with Crippen LogP contribution < -0.4 is 5.32 Å².